The fourth-order valence-electron chi connectivity index (χ4n) is 1.00. The van der Waals surface area contributed by atoms with Crippen molar-refractivity contribution in [2.75, 3.05) is 7.05 Å². The van der Waals surface area contributed by atoms with Crippen LogP contribution in [0.1, 0.15) is 39.5 Å². The van der Waals surface area contributed by atoms with Gasteiger partial charge in [-0.3, -0.25) is 4.79 Å². The molecule has 0 radical (unpaired) electrons. The van der Waals surface area contributed by atoms with E-state index < -0.39 is 0 Å². The molecule has 0 aromatic carbocycles. The Morgan fingerprint density at radius 1 is 1.42 bits per heavy atom. The highest BCUT2D eigenvalue weighted by Crippen LogP contribution is 2.02. The summed E-state index contributed by atoms with van der Waals surface area (Å²) in [5, 5.41) is 2.60. The summed E-state index contributed by atoms with van der Waals surface area (Å²) in [5.74, 6) is 0.0338. The summed E-state index contributed by atoms with van der Waals surface area (Å²) in [5.41, 5.74) is 0.827. The lowest BCUT2D eigenvalue weighted by Crippen LogP contribution is -2.18. The minimum Gasteiger partial charge on any atom is -0.355 e. The summed E-state index contributed by atoms with van der Waals surface area (Å²) in [6, 6.07) is 0. The van der Waals surface area contributed by atoms with E-state index in [-0.39, 0.29) is 5.91 Å². The van der Waals surface area contributed by atoms with Crippen LogP contribution in [0.2, 0.25) is 0 Å². The van der Waals surface area contributed by atoms with Crippen LogP contribution in [0.15, 0.2) is 11.6 Å². The van der Waals surface area contributed by atoms with Crippen LogP contribution in [-0.4, -0.2) is 13.0 Å². The maximum Gasteiger partial charge on any atom is 0.246 e. The zero-order valence-electron chi connectivity index (χ0n) is 8.31. The summed E-state index contributed by atoms with van der Waals surface area (Å²) in [7, 11) is 1.66. The van der Waals surface area contributed by atoms with E-state index in [1.807, 2.05) is 13.0 Å². The lowest BCUT2D eigenvalue weighted by Gasteiger charge is -1.98. The van der Waals surface area contributed by atoms with E-state index >= 15 is 0 Å². The van der Waals surface area contributed by atoms with Crippen molar-refractivity contribution < 1.29 is 4.79 Å². The molecule has 0 aromatic heterocycles. The van der Waals surface area contributed by atoms with Crippen LogP contribution in [0.5, 0.6) is 0 Å². The standard InChI is InChI=1S/C10H19NO/c1-4-5-6-7-8-9(2)10(12)11-3/h8H,4-7H2,1-3H3,(H,11,12)/b9-8+. The van der Waals surface area contributed by atoms with Gasteiger partial charge in [-0.1, -0.05) is 25.8 Å². The number of unbranched alkanes of at least 4 members (excludes halogenated alkanes) is 3. The number of likely N-dealkylation sites (N-methyl/N-ethyl adjacent to an activating group) is 1. The van der Waals surface area contributed by atoms with Gasteiger partial charge in [0.2, 0.25) is 5.91 Å². The van der Waals surface area contributed by atoms with Crippen molar-refractivity contribution in [3.63, 3.8) is 0 Å². The van der Waals surface area contributed by atoms with Gasteiger partial charge in [-0.25, -0.2) is 0 Å². The molecule has 0 aromatic rings. The van der Waals surface area contributed by atoms with E-state index in [4.69, 9.17) is 0 Å². The van der Waals surface area contributed by atoms with Crippen LogP contribution in [-0.2, 0) is 4.79 Å². The largest absolute Gasteiger partial charge is 0.355 e. The maximum atomic E-state index is 11.0. The van der Waals surface area contributed by atoms with Gasteiger partial charge in [0, 0.05) is 12.6 Å². The fourth-order valence-corrected chi connectivity index (χ4v) is 1.00. The highest BCUT2D eigenvalue weighted by Gasteiger charge is 1.97. The Bertz CT molecular complexity index is 161. The highest BCUT2D eigenvalue weighted by molar-refractivity contribution is 5.92. The number of amides is 1. The Kier molecular flexibility index (Phi) is 6.44. The highest BCUT2D eigenvalue weighted by atomic mass is 16.1. The van der Waals surface area contributed by atoms with Gasteiger partial charge >= 0.3 is 0 Å². The molecule has 1 N–H and O–H groups in total. The summed E-state index contributed by atoms with van der Waals surface area (Å²) in [6.45, 7) is 4.03. The van der Waals surface area contributed by atoms with Crippen LogP contribution in [0, 0.1) is 0 Å². The number of allylic oxidation sites excluding steroid dienone is 1. The number of rotatable bonds is 5. The number of nitrogens with one attached hydrogen (secondary N) is 1. The number of hydrogen-bond donors (Lipinski definition) is 1. The van der Waals surface area contributed by atoms with Crippen molar-refractivity contribution >= 4 is 5.91 Å². The molecule has 0 heterocycles. The van der Waals surface area contributed by atoms with Crippen LogP contribution in [0.25, 0.3) is 0 Å². The second-order valence-corrected chi connectivity index (χ2v) is 2.96. The molecule has 0 spiro atoms. The first kappa shape index (κ1) is 11.2. The third kappa shape index (κ3) is 4.94. The molecule has 0 aliphatic carbocycles. The smallest absolute Gasteiger partial charge is 0.246 e. The Hall–Kier alpha value is -0.790. The average Bonchev–Trinajstić information content (AvgIpc) is 2.10. The van der Waals surface area contributed by atoms with Gasteiger partial charge in [-0.05, 0) is 19.8 Å². The molecular formula is C10H19NO. The molecule has 2 nitrogen and oxygen atoms in total. The van der Waals surface area contributed by atoms with E-state index in [2.05, 4.69) is 12.2 Å². The Labute approximate surface area is 75.0 Å². The van der Waals surface area contributed by atoms with Crippen molar-refractivity contribution in [3.8, 4) is 0 Å². The zero-order chi connectivity index (χ0) is 9.40. The topological polar surface area (TPSA) is 29.1 Å². The third-order valence-corrected chi connectivity index (χ3v) is 1.84. The SMILES string of the molecule is CCCCC/C=C(\C)C(=O)NC. The third-order valence-electron chi connectivity index (χ3n) is 1.84. The quantitative estimate of drug-likeness (QED) is 0.496. The first-order valence-electron chi connectivity index (χ1n) is 4.61. The molecule has 1 amide bonds. The first-order chi connectivity index (χ1) is 5.72. The monoisotopic (exact) mass is 169 g/mol. The predicted molar refractivity (Wildman–Crippen MR) is 52.0 cm³/mol. The molecular weight excluding hydrogens is 150 g/mol. The van der Waals surface area contributed by atoms with Crippen molar-refractivity contribution in [2.45, 2.75) is 39.5 Å². The second-order valence-electron chi connectivity index (χ2n) is 2.96. The van der Waals surface area contributed by atoms with E-state index in [1.165, 1.54) is 19.3 Å². The zero-order valence-corrected chi connectivity index (χ0v) is 8.31. The lowest BCUT2D eigenvalue weighted by molar-refractivity contribution is -0.117. The number of carbonyl (C=O) groups is 1. The van der Waals surface area contributed by atoms with Gasteiger partial charge in [0.25, 0.3) is 0 Å². The molecule has 0 unspecified atom stereocenters. The summed E-state index contributed by atoms with van der Waals surface area (Å²) >= 11 is 0. The van der Waals surface area contributed by atoms with E-state index in [1.54, 1.807) is 7.05 Å². The number of hydrogen-bond acceptors (Lipinski definition) is 1. The molecule has 2 heteroatoms. The van der Waals surface area contributed by atoms with Crippen molar-refractivity contribution in [3.05, 3.63) is 11.6 Å². The molecule has 12 heavy (non-hydrogen) atoms. The Morgan fingerprint density at radius 2 is 2.08 bits per heavy atom. The van der Waals surface area contributed by atoms with Gasteiger partial charge in [-0.2, -0.15) is 0 Å². The maximum absolute atomic E-state index is 11.0. The second kappa shape index (κ2) is 6.89. The van der Waals surface area contributed by atoms with E-state index in [9.17, 15) is 4.79 Å². The van der Waals surface area contributed by atoms with Gasteiger partial charge < -0.3 is 5.32 Å². The van der Waals surface area contributed by atoms with Gasteiger partial charge in [-0.15, -0.1) is 0 Å². The Balaban J connectivity index is 3.61. The molecule has 0 fully saturated rings. The molecule has 0 bridgehead atoms. The van der Waals surface area contributed by atoms with Crippen molar-refractivity contribution in [1.29, 1.82) is 0 Å². The summed E-state index contributed by atoms with van der Waals surface area (Å²) in [4.78, 5) is 11.0. The molecule has 0 aliphatic rings. The van der Waals surface area contributed by atoms with Gasteiger partial charge in [0.1, 0.15) is 0 Å². The minimum absolute atomic E-state index is 0.0338. The lowest BCUT2D eigenvalue weighted by atomic mass is 10.1. The van der Waals surface area contributed by atoms with Crippen molar-refractivity contribution in [2.24, 2.45) is 0 Å². The predicted octanol–water partition coefficient (Wildman–Crippen LogP) is 2.26. The first-order valence-corrected chi connectivity index (χ1v) is 4.61. The summed E-state index contributed by atoms with van der Waals surface area (Å²) < 4.78 is 0. The van der Waals surface area contributed by atoms with Crippen LogP contribution < -0.4 is 5.32 Å². The summed E-state index contributed by atoms with van der Waals surface area (Å²) in [6.07, 6.45) is 6.69. The van der Waals surface area contributed by atoms with Crippen LogP contribution >= 0.6 is 0 Å². The van der Waals surface area contributed by atoms with Crippen LogP contribution in [0.4, 0.5) is 0 Å². The fraction of sp³-hybridized carbons (Fsp3) is 0.700. The molecule has 0 atom stereocenters. The van der Waals surface area contributed by atoms with Crippen LogP contribution in [0.3, 0.4) is 0 Å². The minimum atomic E-state index is 0.0338. The normalized spacial score (nSPS) is 11.4. The van der Waals surface area contributed by atoms with E-state index in [0.29, 0.717) is 0 Å². The molecule has 0 saturated heterocycles. The molecule has 0 aliphatic heterocycles. The molecule has 0 saturated carbocycles. The molecule has 0 rings (SSSR count). The average molecular weight is 169 g/mol. The van der Waals surface area contributed by atoms with Gasteiger partial charge in [0.15, 0.2) is 0 Å². The van der Waals surface area contributed by atoms with Gasteiger partial charge in [0.05, 0.1) is 0 Å². The van der Waals surface area contributed by atoms with Crippen molar-refractivity contribution in [1.82, 2.24) is 5.32 Å². The molecule has 70 valence electrons. The Morgan fingerprint density at radius 3 is 2.58 bits per heavy atom. The van der Waals surface area contributed by atoms with E-state index in [0.717, 1.165) is 12.0 Å². The number of carbonyl (C=O) groups excluding carboxylic acids is 1.